The van der Waals surface area contributed by atoms with Crippen LogP contribution >= 0.6 is 0 Å². The number of benzene rings is 1. The highest BCUT2D eigenvalue weighted by atomic mass is 16.2. The van der Waals surface area contributed by atoms with Crippen molar-refractivity contribution in [2.24, 2.45) is 0 Å². The third-order valence-electron chi connectivity index (χ3n) is 1.75. The summed E-state index contributed by atoms with van der Waals surface area (Å²) in [5, 5.41) is 8.75. The van der Waals surface area contributed by atoms with Gasteiger partial charge in [0.05, 0.1) is 0 Å². The summed E-state index contributed by atoms with van der Waals surface area (Å²) in [5.74, 6) is 0. The number of hydrogen-bond acceptors (Lipinski definition) is 1. The van der Waals surface area contributed by atoms with Crippen molar-refractivity contribution in [2.75, 3.05) is 0 Å². The Morgan fingerprint density at radius 3 is 2.40 bits per heavy atom. The summed E-state index contributed by atoms with van der Waals surface area (Å²) in [6.07, 6.45) is 0. The third kappa shape index (κ3) is 1.39. The first-order chi connectivity index (χ1) is 4.74. The van der Waals surface area contributed by atoms with E-state index in [1.165, 1.54) is 11.1 Å². The molecule has 0 aromatic heterocycles. The van der Waals surface area contributed by atoms with Crippen LogP contribution in [0.25, 0.3) is 0 Å². The maximum absolute atomic E-state index is 8.75. The lowest BCUT2D eigenvalue weighted by Crippen LogP contribution is -2.13. The summed E-state index contributed by atoms with van der Waals surface area (Å²) in [6.45, 7) is 4.12. The molecule has 0 spiro atoms. The van der Waals surface area contributed by atoms with Crippen LogP contribution in [0.3, 0.4) is 0 Å². The Morgan fingerprint density at radius 1 is 1.20 bits per heavy atom. The topological polar surface area (TPSA) is 20.2 Å². The number of rotatable bonds is 1. The molecule has 0 saturated carbocycles. The second-order valence-electron chi connectivity index (χ2n) is 2.58. The Balaban J connectivity index is 3.04. The first kappa shape index (κ1) is 7.35. The molecule has 1 aromatic carbocycles. The lowest BCUT2D eigenvalue weighted by molar-refractivity contribution is 0.615. The molecule has 2 heteroatoms. The predicted molar refractivity (Wildman–Crippen MR) is 44.9 cm³/mol. The van der Waals surface area contributed by atoms with Gasteiger partial charge in [-0.2, -0.15) is 0 Å². The van der Waals surface area contributed by atoms with Gasteiger partial charge < -0.3 is 5.02 Å². The number of aryl methyl sites for hydroxylation is 2. The minimum atomic E-state index is 0.140. The van der Waals surface area contributed by atoms with Gasteiger partial charge in [0.2, 0.25) is 0 Å². The van der Waals surface area contributed by atoms with E-state index in [0.29, 0.717) is 0 Å². The van der Waals surface area contributed by atoms with Crippen LogP contribution in [-0.2, 0) is 0 Å². The SMILES string of the molecule is Cc1ccc(BO)cc1C. The fraction of sp³-hybridized carbons (Fsp3) is 0.250. The van der Waals surface area contributed by atoms with Crippen LogP contribution in [0.2, 0.25) is 0 Å². The van der Waals surface area contributed by atoms with Crippen molar-refractivity contribution < 1.29 is 5.02 Å². The van der Waals surface area contributed by atoms with Crippen molar-refractivity contribution in [3.8, 4) is 0 Å². The van der Waals surface area contributed by atoms with Crippen LogP contribution in [0, 0.1) is 13.8 Å². The highest BCUT2D eigenvalue weighted by Gasteiger charge is 1.94. The molecule has 10 heavy (non-hydrogen) atoms. The highest BCUT2D eigenvalue weighted by Crippen LogP contribution is 2.01. The summed E-state index contributed by atoms with van der Waals surface area (Å²) in [5.41, 5.74) is 3.51. The summed E-state index contributed by atoms with van der Waals surface area (Å²) < 4.78 is 0. The standard InChI is InChI=1S/C8H11BO/c1-6-3-4-8(9-10)5-7(6)2/h3-5,9-10H,1-2H3. The average molecular weight is 134 g/mol. The van der Waals surface area contributed by atoms with E-state index in [2.05, 4.69) is 13.8 Å². The second-order valence-corrected chi connectivity index (χ2v) is 2.58. The number of hydrogen-bond donors (Lipinski definition) is 1. The van der Waals surface area contributed by atoms with E-state index in [-0.39, 0.29) is 7.48 Å². The molecule has 0 aliphatic heterocycles. The first-order valence-corrected chi connectivity index (χ1v) is 3.41. The van der Waals surface area contributed by atoms with Crippen LogP contribution in [0.4, 0.5) is 0 Å². The quantitative estimate of drug-likeness (QED) is 0.546. The van der Waals surface area contributed by atoms with Gasteiger partial charge in [-0.05, 0) is 25.0 Å². The molecule has 0 amide bonds. The minimum absolute atomic E-state index is 0.140. The van der Waals surface area contributed by atoms with Crippen LogP contribution in [0.1, 0.15) is 11.1 Å². The van der Waals surface area contributed by atoms with Crippen LogP contribution in [0.15, 0.2) is 18.2 Å². The van der Waals surface area contributed by atoms with Crippen molar-refractivity contribution in [1.29, 1.82) is 0 Å². The molecule has 1 aromatic rings. The molecule has 52 valence electrons. The van der Waals surface area contributed by atoms with Crippen molar-refractivity contribution in [3.63, 3.8) is 0 Å². The molecule has 1 nitrogen and oxygen atoms in total. The molecular weight excluding hydrogens is 123 g/mol. The largest absolute Gasteiger partial charge is 0.449 e. The Hall–Kier alpha value is -0.755. The fourth-order valence-corrected chi connectivity index (χ4v) is 0.902. The Morgan fingerprint density at radius 2 is 1.90 bits per heavy atom. The molecule has 0 fully saturated rings. The van der Waals surface area contributed by atoms with Crippen molar-refractivity contribution in [2.45, 2.75) is 13.8 Å². The van der Waals surface area contributed by atoms with E-state index in [4.69, 9.17) is 5.02 Å². The second kappa shape index (κ2) is 2.89. The summed E-state index contributed by atoms with van der Waals surface area (Å²) in [4.78, 5) is 0. The van der Waals surface area contributed by atoms with Crippen molar-refractivity contribution in [1.82, 2.24) is 0 Å². The zero-order valence-electron chi connectivity index (χ0n) is 6.39. The lowest BCUT2D eigenvalue weighted by Gasteiger charge is -1.99. The summed E-state index contributed by atoms with van der Waals surface area (Å²) >= 11 is 0. The Kier molecular flexibility index (Phi) is 2.12. The molecule has 1 N–H and O–H groups in total. The fourth-order valence-electron chi connectivity index (χ4n) is 0.902. The molecule has 0 unspecified atom stereocenters. The molecule has 0 radical (unpaired) electrons. The van der Waals surface area contributed by atoms with Crippen molar-refractivity contribution >= 4 is 12.9 Å². The summed E-state index contributed by atoms with van der Waals surface area (Å²) in [6, 6.07) is 5.98. The van der Waals surface area contributed by atoms with Gasteiger partial charge >= 0.3 is 7.48 Å². The van der Waals surface area contributed by atoms with Crippen LogP contribution in [0.5, 0.6) is 0 Å². The molecule has 1 rings (SSSR count). The monoisotopic (exact) mass is 134 g/mol. The maximum Gasteiger partial charge on any atom is 0.304 e. The molecule has 0 heterocycles. The third-order valence-corrected chi connectivity index (χ3v) is 1.75. The van der Waals surface area contributed by atoms with Gasteiger partial charge in [0.25, 0.3) is 0 Å². The van der Waals surface area contributed by atoms with E-state index >= 15 is 0 Å². The van der Waals surface area contributed by atoms with Gasteiger partial charge in [0.15, 0.2) is 0 Å². The predicted octanol–water partition coefficient (Wildman–Crippen LogP) is 0.273. The van der Waals surface area contributed by atoms with E-state index in [1.54, 1.807) is 0 Å². The normalized spacial score (nSPS) is 9.50. The van der Waals surface area contributed by atoms with Crippen LogP contribution < -0.4 is 5.46 Å². The lowest BCUT2D eigenvalue weighted by atomic mass is 9.87. The first-order valence-electron chi connectivity index (χ1n) is 3.41. The van der Waals surface area contributed by atoms with E-state index in [0.717, 1.165) is 5.46 Å². The molecule has 0 aliphatic rings. The molecule has 0 atom stereocenters. The maximum atomic E-state index is 8.75. The van der Waals surface area contributed by atoms with Gasteiger partial charge in [-0.15, -0.1) is 0 Å². The van der Waals surface area contributed by atoms with E-state index in [9.17, 15) is 0 Å². The summed E-state index contributed by atoms with van der Waals surface area (Å²) in [7, 11) is 0.140. The van der Waals surface area contributed by atoms with E-state index in [1.807, 2.05) is 18.2 Å². The zero-order valence-corrected chi connectivity index (χ0v) is 6.39. The highest BCUT2D eigenvalue weighted by molar-refractivity contribution is 6.45. The Bertz CT molecular complexity index is 233. The zero-order chi connectivity index (χ0) is 7.56. The van der Waals surface area contributed by atoms with Gasteiger partial charge in [0.1, 0.15) is 0 Å². The Labute approximate surface area is 62.0 Å². The van der Waals surface area contributed by atoms with Gasteiger partial charge in [-0.1, -0.05) is 23.7 Å². The smallest absolute Gasteiger partial charge is 0.304 e. The van der Waals surface area contributed by atoms with Gasteiger partial charge in [-0.25, -0.2) is 0 Å². The molecule has 0 bridgehead atoms. The van der Waals surface area contributed by atoms with E-state index < -0.39 is 0 Å². The van der Waals surface area contributed by atoms with Gasteiger partial charge in [0, 0.05) is 0 Å². The molecule has 0 aliphatic carbocycles. The van der Waals surface area contributed by atoms with Crippen LogP contribution in [-0.4, -0.2) is 12.5 Å². The molecular formula is C8H11BO. The van der Waals surface area contributed by atoms with Crippen molar-refractivity contribution in [3.05, 3.63) is 29.3 Å². The minimum Gasteiger partial charge on any atom is -0.449 e. The average Bonchev–Trinajstić information content (AvgIpc) is 1.95. The van der Waals surface area contributed by atoms with Gasteiger partial charge in [-0.3, -0.25) is 0 Å². The molecule has 0 saturated heterocycles.